The lowest BCUT2D eigenvalue weighted by molar-refractivity contribution is -0.116. The number of carbonyl (C=O) groups is 1. The van der Waals surface area contributed by atoms with Crippen LogP contribution in [0.4, 0.5) is 5.69 Å². The predicted molar refractivity (Wildman–Crippen MR) is 128 cm³/mol. The van der Waals surface area contributed by atoms with Gasteiger partial charge >= 0.3 is 0 Å². The fourth-order valence-corrected chi connectivity index (χ4v) is 5.18. The SMILES string of the molecule is CC(C)Cn1cnc2nc(CSc3ccccc3NC(=O)CCC3CCCC3)cc(=O)n21. The summed E-state index contributed by atoms with van der Waals surface area (Å²) in [5.74, 6) is 2.12. The van der Waals surface area contributed by atoms with Crippen LogP contribution in [-0.2, 0) is 17.1 Å². The standard InChI is InChI=1S/C24H31N5O2S/c1-17(2)14-28-16-25-24-26-19(13-23(31)29(24)28)15-32-21-10-6-5-9-20(21)27-22(30)12-11-18-7-3-4-8-18/h5-6,9-10,13,16-18H,3-4,7-8,11-12,14-15H2,1-2H3,(H,27,30). The molecule has 2 aromatic heterocycles. The van der Waals surface area contributed by atoms with Gasteiger partial charge in [-0.25, -0.2) is 4.98 Å². The molecule has 0 aliphatic heterocycles. The molecule has 0 spiro atoms. The van der Waals surface area contributed by atoms with Gasteiger partial charge in [-0.2, -0.15) is 9.50 Å². The summed E-state index contributed by atoms with van der Waals surface area (Å²) < 4.78 is 3.33. The number of carbonyl (C=O) groups excluding carboxylic acids is 1. The first kappa shape index (κ1) is 22.6. The summed E-state index contributed by atoms with van der Waals surface area (Å²) in [5.41, 5.74) is 1.36. The highest BCUT2D eigenvalue weighted by Gasteiger charge is 2.17. The van der Waals surface area contributed by atoms with Gasteiger partial charge < -0.3 is 5.32 Å². The summed E-state index contributed by atoms with van der Waals surface area (Å²) in [5, 5.41) is 3.07. The number of anilines is 1. The Bertz CT molecular complexity index is 1130. The molecule has 1 amide bonds. The van der Waals surface area contributed by atoms with Crippen LogP contribution in [0, 0.1) is 11.8 Å². The molecule has 1 aromatic carbocycles. The van der Waals surface area contributed by atoms with Gasteiger partial charge in [0.1, 0.15) is 6.33 Å². The lowest BCUT2D eigenvalue weighted by Gasteiger charge is -2.12. The summed E-state index contributed by atoms with van der Waals surface area (Å²) in [6, 6.07) is 9.36. The molecule has 0 atom stereocenters. The van der Waals surface area contributed by atoms with E-state index < -0.39 is 0 Å². The molecule has 170 valence electrons. The number of hydrogen-bond acceptors (Lipinski definition) is 5. The Labute approximate surface area is 192 Å². The van der Waals surface area contributed by atoms with Crippen molar-refractivity contribution in [3.63, 3.8) is 0 Å². The molecule has 0 radical (unpaired) electrons. The average Bonchev–Trinajstić information content (AvgIpc) is 3.42. The van der Waals surface area contributed by atoms with Crippen LogP contribution in [-0.4, -0.2) is 25.1 Å². The van der Waals surface area contributed by atoms with Crippen molar-refractivity contribution in [2.75, 3.05) is 5.32 Å². The first-order valence-corrected chi connectivity index (χ1v) is 12.4. The molecule has 1 saturated carbocycles. The summed E-state index contributed by atoms with van der Waals surface area (Å²) in [7, 11) is 0. The van der Waals surface area contributed by atoms with E-state index in [2.05, 4.69) is 29.1 Å². The van der Waals surface area contributed by atoms with Gasteiger partial charge in [0.05, 0.1) is 11.4 Å². The van der Waals surface area contributed by atoms with Crippen molar-refractivity contribution in [1.29, 1.82) is 0 Å². The number of para-hydroxylation sites is 1. The van der Waals surface area contributed by atoms with Crippen molar-refractivity contribution >= 4 is 29.1 Å². The fourth-order valence-electron chi connectivity index (χ4n) is 4.28. The molecule has 32 heavy (non-hydrogen) atoms. The molecule has 1 N–H and O–H groups in total. The second-order valence-electron chi connectivity index (χ2n) is 8.98. The maximum Gasteiger partial charge on any atom is 0.274 e. The van der Waals surface area contributed by atoms with Crippen molar-refractivity contribution in [3.8, 4) is 0 Å². The number of rotatable bonds is 9. The zero-order valence-electron chi connectivity index (χ0n) is 18.8. The van der Waals surface area contributed by atoms with Crippen LogP contribution in [0.25, 0.3) is 5.78 Å². The molecule has 4 rings (SSSR count). The minimum atomic E-state index is -0.128. The van der Waals surface area contributed by atoms with E-state index in [1.54, 1.807) is 24.2 Å². The number of nitrogens with one attached hydrogen (secondary N) is 1. The van der Waals surface area contributed by atoms with Crippen LogP contribution >= 0.6 is 11.8 Å². The van der Waals surface area contributed by atoms with E-state index in [4.69, 9.17) is 0 Å². The second kappa shape index (κ2) is 10.3. The second-order valence-corrected chi connectivity index (χ2v) is 10.00. The normalized spacial score (nSPS) is 14.5. The van der Waals surface area contributed by atoms with Gasteiger partial charge in [0, 0.05) is 29.7 Å². The molecule has 7 nitrogen and oxygen atoms in total. The maximum absolute atomic E-state index is 12.7. The van der Waals surface area contributed by atoms with Gasteiger partial charge in [-0.05, 0) is 30.4 Å². The van der Waals surface area contributed by atoms with Gasteiger partial charge in [0.2, 0.25) is 5.91 Å². The first-order valence-electron chi connectivity index (χ1n) is 11.5. The molecule has 1 fully saturated rings. The lowest BCUT2D eigenvalue weighted by atomic mass is 10.0. The molecular formula is C24H31N5O2S. The summed E-state index contributed by atoms with van der Waals surface area (Å²) in [6.07, 6.45) is 8.31. The zero-order valence-corrected chi connectivity index (χ0v) is 19.6. The highest BCUT2D eigenvalue weighted by molar-refractivity contribution is 7.98. The molecule has 1 aliphatic rings. The van der Waals surface area contributed by atoms with Crippen LogP contribution in [0.15, 0.2) is 46.3 Å². The fraction of sp³-hybridized carbons (Fsp3) is 0.500. The summed E-state index contributed by atoms with van der Waals surface area (Å²) in [6.45, 7) is 4.90. The van der Waals surface area contributed by atoms with E-state index >= 15 is 0 Å². The van der Waals surface area contributed by atoms with E-state index in [1.165, 1.54) is 30.2 Å². The number of hydrogen-bond donors (Lipinski definition) is 1. The minimum absolute atomic E-state index is 0.0680. The maximum atomic E-state index is 12.7. The molecule has 0 bridgehead atoms. The highest BCUT2D eigenvalue weighted by Crippen LogP contribution is 2.31. The topological polar surface area (TPSA) is 81.3 Å². The molecule has 0 unspecified atom stereocenters. The van der Waals surface area contributed by atoms with Crippen LogP contribution in [0.5, 0.6) is 0 Å². The highest BCUT2D eigenvalue weighted by atomic mass is 32.2. The molecule has 1 aliphatic carbocycles. The van der Waals surface area contributed by atoms with E-state index in [1.807, 2.05) is 28.9 Å². The van der Waals surface area contributed by atoms with Crippen LogP contribution in [0.3, 0.4) is 0 Å². The van der Waals surface area contributed by atoms with Crippen molar-refractivity contribution < 1.29 is 4.79 Å². The van der Waals surface area contributed by atoms with Crippen molar-refractivity contribution in [1.82, 2.24) is 19.2 Å². The third-order valence-electron chi connectivity index (χ3n) is 5.84. The Kier molecular flexibility index (Phi) is 7.29. The Balaban J connectivity index is 1.41. The van der Waals surface area contributed by atoms with Gasteiger partial charge in [0.25, 0.3) is 11.3 Å². The van der Waals surface area contributed by atoms with Crippen molar-refractivity contribution in [2.45, 2.75) is 69.6 Å². The number of benzene rings is 1. The lowest BCUT2D eigenvalue weighted by Crippen LogP contribution is -2.22. The van der Waals surface area contributed by atoms with E-state index in [0.29, 0.717) is 42.0 Å². The van der Waals surface area contributed by atoms with Gasteiger partial charge in [-0.15, -0.1) is 11.8 Å². The molecular weight excluding hydrogens is 422 g/mol. The van der Waals surface area contributed by atoms with Gasteiger partial charge in [-0.3, -0.25) is 14.3 Å². The number of aromatic nitrogens is 4. The number of amides is 1. The van der Waals surface area contributed by atoms with E-state index in [0.717, 1.165) is 17.0 Å². The van der Waals surface area contributed by atoms with Crippen LogP contribution in [0.2, 0.25) is 0 Å². The smallest absolute Gasteiger partial charge is 0.274 e. The van der Waals surface area contributed by atoms with E-state index in [-0.39, 0.29) is 11.5 Å². The van der Waals surface area contributed by atoms with Gasteiger partial charge in [0.15, 0.2) is 0 Å². The molecule has 0 saturated heterocycles. The quantitative estimate of drug-likeness (QED) is 0.473. The zero-order chi connectivity index (χ0) is 22.5. The first-order chi connectivity index (χ1) is 15.5. The monoisotopic (exact) mass is 453 g/mol. The summed E-state index contributed by atoms with van der Waals surface area (Å²) >= 11 is 1.56. The predicted octanol–water partition coefficient (Wildman–Crippen LogP) is 4.75. The largest absolute Gasteiger partial charge is 0.325 e. The molecule has 2 heterocycles. The number of thioether (sulfide) groups is 1. The minimum Gasteiger partial charge on any atom is -0.325 e. The molecule has 3 aromatic rings. The Morgan fingerprint density at radius 1 is 1.25 bits per heavy atom. The summed E-state index contributed by atoms with van der Waals surface area (Å²) in [4.78, 5) is 35.0. The average molecular weight is 454 g/mol. The van der Waals surface area contributed by atoms with Gasteiger partial charge in [-0.1, -0.05) is 51.7 Å². The molecule has 8 heteroatoms. The van der Waals surface area contributed by atoms with Crippen molar-refractivity contribution in [3.05, 3.63) is 52.7 Å². The Hall–Kier alpha value is -2.61. The van der Waals surface area contributed by atoms with Crippen LogP contribution in [0.1, 0.15) is 58.1 Å². The van der Waals surface area contributed by atoms with Crippen molar-refractivity contribution in [2.24, 2.45) is 11.8 Å². The van der Waals surface area contributed by atoms with E-state index in [9.17, 15) is 9.59 Å². The number of nitrogens with zero attached hydrogens (tertiary/aromatic N) is 4. The third-order valence-corrected chi connectivity index (χ3v) is 6.95. The Morgan fingerprint density at radius 2 is 2.03 bits per heavy atom. The third kappa shape index (κ3) is 5.59. The Morgan fingerprint density at radius 3 is 2.81 bits per heavy atom. The van der Waals surface area contributed by atoms with Crippen LogP contribution < -0.4 is 10.9 Å². The number of fused-ring (bicyclic) bond motifs is 1.